The maximum atomic E-state index is 10.1. The first-order chi connectivity index (χ1) is 11.8. The standard InChI is InChI=1S/C22H28O2/c1-2-3-4-5-6-11-17(16-23)22-18-12-7-9-14-20(18)24-21-15-10-8-13-19(21)22/h7-10,12-15,17,22-23H,2-6,11,16H2,1H3/t17-/m0/s1. The second-order valence-electron chi connectivity index (χ2n) is 6.80. The smallest absolute Gasteiger partial charge is 0.131 e. The van der Waals surface area contributed by atoms with Gasteiger partial charge in [0.2, 0.25) is 0 Å². The van der Waals surface area contributed by atoms with Crippen LogP contribution >= 0.6 is 0 Å². The molecule has 0 fully saturated rings. The number of benzene rings is 2. The highest BCUT2D eigenvalue weighted by molar-refractivity contribution is 5.53. The van der Waals surface area contributed by atoms with Crippen molar-refractivity contribution in [3.8, 4) is 11.5 Å². The van der Waals surface area contributed by atoms with Gasteiger partial charge < -0.3 is 9.84 Å². The average molecular weight is 324 g/mol. The van der Waals surface area contributed by atoms with Gasteiger partial charge in [0.05, 0.1) is 0 Å². The maximum Gasteiger partial charge on any atom is 0.131 e. The van der Waals surface area contributed by atoms with Crippen LogP contribution in [0.2, 0.25) is 0 Å². The summed E-state index contributed by atoms with van der Waals surface area (Å²) in [5.41, 5.74) is 2.42. The molecule has 0 saturated carbocycles. The number of hydrogen-bond donors (Lipinski definition) is 1. The van der Waals surface area contributed by atoms with Crippen LogP contribution in [-0.4, -0.2) is 11.7 Å². The highest BCUT2D eigenvalue weighted by Crippen LogP contribution is 2.48. The number of hydrogen-bond acceptors (Lipinski definition) is 2. The summed E-state index contributed by atoms with van der Waals surface area (Å²) in [7, 11) is 0. The lowest BCUT2D eigenvalue weighted by molar-refractivity contribution is 0.197. The Kier molecular flexibility index (Phi) is 5.92. The third-order valence-electron chi connectivity index (χ3n) is 5.11. The lowest BCUT2D eigenvalue weighted by Gasteiger charge is -2.33. The number of para-hydroxylation sites is 2. The van der Waals surface area contributed by atoms with Crippen LogP contribution in [0.1, 0.15) is 62.5 Å². The van der Waals surface area contributed by atoms with Gasteiger partial charge in [-0.1, -0.05) is 75.4 Å². The molecule has 0 amide bonds. The molecule has 1 heterocycles. The van der Waals surface area contributed by atoms with Gasteiger partial charge in [-0.2, -0.15) is 0 Å². The van der Waals surface area contributed by atoms with Gasteiger partial charge in [-0.25, -0.2) is 0 Å². The van der Waals surface area contributed by atoms with E-state index < -0.39 is 0 Å². The summed E-state index contributed by atoms with van der Waals surface area (Å²) >= 11 is 0. The van der Waals surface area contributed by atoms with Crippen molar-refractivity contribution in [1.82, 2.24) is 0 Å². The molecule has 0 saturated heterocycles. The summed E-state index contributed by atoms with van der Waals surface area (Å²) in [5, 5.41) is 10.1. The minimum absolute atomic E-state index is 0.223. The van der Waals surface area contributed by atoms with Gasteiger partial charge in [-0.05, 0) is 24.5 Å². The minimum Gasteiger partial charge on any atom is -0.457 e. The minimum atomic E-state index is 0.223. The molecule has 1 aliphatic heterocycles. The molecule has 2 aromatic rings. The van der Waals surface area contributed by atoms with Crippen LogP contribution in [0.15, 0.2) is 48.5 Å². The van der Waals surface area contributed by atoms with Crippen molar-refractivity contribution < 1.29 is 9.84 Å². The fraction of sp³-hybridized carbons (Fsp3) is 0.455. The van der Waals surface area contributed by atoms with Crippen molar-refractivity contribution in [2.45, 2.75) is 51.4 Å². The van der Waals surface area contributed by atoms with Gasteiger partial charge in [0.25, 0.3) is 0 Å². The van der Waals surface area contributed by atoms with E-state index in [1.165, 1.54) is 43.2 Å². The third-order valence-corrected chi connectivity index (χ3v) is 5.11. The Morgan fingerprint density at radius 2 is 1.46 bits per heavy atom. The largest absolute Gasteiger partial charge is 0.457 e. The molecule has 0 aliphatic carbocycles. The van der Waals surface area contributed by atoms with Crippen molar-refractivity contribution in [2.24, 2.45) is 5.92 Å². The van der Waals surface area contributed by atoms with E-state index in [-0.39, 0.29) is 18.4 Å². The number of ether oxygens (including phenoxy) is 1. The molecule has 1 aliphatic rings. The van der Waals surface area contributed by atoms with Gasteiger partial charge >= 0.3 is 0 Å². The zero-order valence-electron chi connectivity index (χ0n) is 14.6. The van der Waals surface area contributed by atoms with Crippen LogP contribution in [0.5, 0.6) is 11.5 Å². The van der Waals surface area contributed by atoms with Crippen LogP contribution in [0.4, 0.5) is 0 Å². The summed E-state index contributed by atoms with van der Waals surface area (Å²) in [6, 6.07) is 16.5. The van der Waals surface area contributed by atoms with Crippen molar-refractivity contribution in [1.29, 1.82) is 0 Å². The number of aliphatic hydroxyl groups is 1. The van der Waals surface area contributed by atoms with Gasteiger partial charge in [0.15, 0.2) is 0 Å². The molecule has 1 atom stereocenters. The summed E-state index contributed by atoms with van der Waals surface area (Å²) in [6.45, 7) is 2.47. The lowest BCUT2D eigenvalue weighted by atomic mass is 9.77. The molecule has 0 aromatic heterocycles. The summed E-state index contributed by atoms with van der Waals surface area (Å²) in [5.74, 6) is 2.34. The van der Waals surface area contributed by atoms with Gasteiger partial charge in [0.1, 0.15) is 11.5 Å². The van der Waals surface area contributed by atoms with E-state index in [2.05, 4.69) is 31.2 Å². The van der Waals surface area contributed by atoms with Crippen molar-refractivity contribution in [3.63, 3.8) is 0 Å². The number of fused-ring (bicyclic) bond motifs is 2. The molecule has 3 rings (SSSR count). The Morgan fingerprint density at radius 1 is 0.875 bits per heavy atom. The van der Waals surface area contributed by atoms with E-state index in [0.717, 1.165) is 17.9 Å². The van der Waals surface area contributed by atoms with E-state index in [9.17, 15) is 5.11 Å². The van der Waals surface area contributed by atoms with E-state index in [4.69, 9.17) is 4.74 Å². The zero-order chi connectivity index (χ0) is 16.8. The maximum absolute atomic E-state index is 10.1. The predicted octanol–water partition coefficient (Wildman–Crippen LogP) is 5.89. The highest BCUT2D eigenvalue weighted by atomic mass is 16.5. The molecule has 0 spiro atoms. The van der Waals surface area contributed by atoms with Crippen LogP contribution in [-0.2, 0) is 0 Å². The molecule has 2 heteroatoms. The topological polar surface area (TPSA) is 29.5 Å². The quantitative estimate of drug-likeness (QED) is 0.613. The lowest BCUT2D eigenvalue weighted by Crippen LogP contribution is -2.22. The Labute approximate surface area is 145 Å². The van der Waals surface area contributed by atoms with Crippen LogP contribution in [0, 0.1) is 5.92 Å². The Balaban J connectivity index is 1.82. The first-order valence-corrected chi connectivity index (χ1v) is 9.31. The number of aliphatic hydroxyl groups excluding tert-OH is 1. The van der Waals surface area contributed by atoms with Gasteiger partial charge in [0, 0.05) is 23.7 Å². The summed E-state index contributed by atoms with van der Waals surface area (Å²) in [6.07, 6.45) is 7.39. The Morgan fingerprint density at radius 3 is 2.04 bits per heavy atom. The third kappa shape index (κ3) is 3.64. The van der Waals surface area contributed by atoms with Crippen molar-refractivity contribution in [2.75, 3.05) is 6.61 Å². The summed E-state index contributed by atoms with van der Waals surface area (Å²) in [4.78, 5) is 0. The zero-order valence-corrected chi connectivity index (χ0v) is 14.6. The molecule has 0 bridgehead atoms. The van der Waals surface area contributed by atoms with Crippen LogP contribution < -0.4 is 4.74 Å². The molecule has 128 valence electrons. The first kappa shape index (κ1) is 17.0. The second kappa shape index (κ2) is 8.34. The average Bonchev–Trinajstić information content (AvgIpc) is 2.63. The summed E-state index contributed by atoms with van der Waals surface area (Å²) < 4.78 is 6.08. The molecule has 2 aromatic carbocycles. The molecule has 0 radical (unpaired) electrons. The first-order valence-electron chi connectivity index (χ1n) is 9.31. The van der Waals surface area contributed by atoms with Crippen LogP contribution in [0.25, 0.3) is 0 Å². The predicted molar refractivity (Wildman–Crippen MR) is 98.8 cm³/mol. The second-order valence-corrected chi connectivity index (χ2v) is 6.80. The van der Waals surface area contributed by atoms with E-state index in [1.807, 2.05) is 24.3 Å². The molecular weight excluding hydrogens is 296 g/mol. The molecular formula is C22H28O2. The van der Waals surface area contributed by atoms with Crippen molar-refractivity contribution in [3.05, 3.63) is 59.7 Å². The Hall–Kier alpha value is -1.80. The number of unbranched alkanes of at least 4 members (excludes halogenated alkanes) is 4. The normalized spacial score (nSPS) is 14.6. The van der Waals surface area contributed by atoms with Crippen molar-refractivity contribution >= 4 is 0 Å². The van der Waals surface area contributed by atoms with E-state index >= 15 is 0 Å². The van der Waals surface area contributed by atoms with Gasteiger partial charge in [-0.15, -0.1) is 0 Å². The highest BCUT2D eigenvalue weighted by Gasteiger charge is 2.32. The van der Waals surface area contributed by atoms with E-state index in [1.54, 1.807) is 0 Å². The monoisotopic (exact) mass is 324 g/mol. The fourth-order valence-corrected chi connectivity index (χ4v) is 3.83. The van der Waals surface area contributed by atoms with Gasteiger partial charge in [-0.3, -0.25) is 0 Å². The molecule has 24 heavy (non-hydrogen) atoms. The van der Waals surface area contributed by atoms with Crippen LogP contribution in [0.3, 0.4) is 0 Å². The number of rotatable bonds is 8. The van der Waals surface area contributed by atoms with E-state index in [0.29, 0.717) is 0 Å². The fourth-order valence-electron chi connectivity index (χ4n) is 3.83. The molecule has 2 nitrogen and oxygen atoms in total. The Bertz CT molecular complexity index is 604. The molecule has 0 unspecified atom stereocenters. The molecule has 1 N–H and O–H groups in total. The SMILES string of the molecule is CCCCCCC[C@@H](CO)C1c2ccccc2Oc2ccccc21.